The number of thiazole rings is 1. The van der Waals surface area contributed by atoms with Crippen molar-refractivity contribution < 1.29 is 17.9 Å². The summed E-state index contributed by atoms with van der Waals surface area (Å²) in [6.45, 7) is 4.72. The van der Waals surface area contributed by atoms with Crippen LogP contribution in [0.3, 0.4) is 0 Å². The third kappa shape index (κ3) is 4.76. The maximum Gasteiger partial charge on any atom is 0.254 e. The van der Waals surface area contributed by atoms with E-state index in [-0.39, 0.29) is 27.3 Å². The fraction of sp³-hybridized carbons (Fsp3) is 0.455. The van der Waals surface area contributed by atoms with Crippen molar-refractivity contribution in [1.82, 2.24) is 14.2 Å². The number of rotatable bonds is 7. The third-order valence-electron chi connectivity index (χ3n) is 6.05. The van der Waals surface area contributed by atoms with Gasteiger partial charge in [0.15, 0.2) is 9.34 Å². The average molecular weight is 501 g/mol. The molecule has 1 amide bonds. The number of carbonyl (C=O) groups is 1. The monoisotopic (exact) mass is 500 g/mol. The van der Waals surface area contributed by atoms with Crippen molar-refractivity contribution in [1.29, 1.82) is 10.5 Å². The van der Waals surface area contributed by atoms with Crippen molar-refractivity contribution in [2.24, 2.45) is 0 Å². The van der Waals surface area contributed by atoms with Crippen LogP contribution in [0.1, 0.15) is 36.6 Å². The van der Waals surface area contributed by atoms with Gasteiger partial charge < -0.3 is 10.1 Å². The number of hydrogen-bond donors (Lipinski definition) is 1. The van der Waals surface area contributed by atoms with E-state index in [9.17, 15) is 18.5 Å². The van der Waals surface area contributed by atoms with Gasteiger partial charge in [0.2, 0.25) is 5.91 Å². The van der Waals surface area contributed by atoms with E-state index in [1.807, 2.05) is 6.07 Å². The van der Waals surface area contributed by atoms with Crippen LogP contribution in [0, 0.1) is 29.6 Å². The zero-order valence-electron chi connectivity index (χ0n) is 18.8. The standard InChI is InChI=1S/C22H24N6O4S2/c1-14-21(33-22(25-14)26-15(2)29)34(30,31)27-12-18-4-5-19(13-27)28(18)7-8-32-20-6-3-16(10-23)9-17(20)11-24/h3,6,9,18-19H,4-5,7-8,12-13H2,1-2H3,(H,25,26,29). The van der Waals surface area contributed by atoms with Crippen LogP contribution in [0.2, 0.25) is 0 Å². The SMILES string of the molecule is CC(=O)Nc1nc(C)c(S(=O)(=O)N2CC3CCC(C2)N3CCOc2ccc(C#N)cc2C#N)s1. The molecule has 0 aliphatic carbocycles. The number of fused-ring (bicyclic) bond motifs is 2. The highest BCUT2D eigenvalue weighted by atomic mass is 32.2. The molecule has 2 saturated heterocycles. The number of ether oxygens (including phenoxy) is 1. The Morgan fingerprint density at radius 3 is 2.59 bits per heavy atom. The summed E-state index contributed by atoms with van der Waals surface area (Å²) in [5, 5.41) is 21.1. The molecule has 0 spiro atoms. The fourth-order valence-electron chi connectivity index (χ4n) is 4.53. The van der Waals surface area contributed by atoms with Gasteiger partial charge in [-0.05, 0) is 38.0 Å². The largest absolute Gasteiger partial charge is 0.491 e. The molecule has 2 aliphatic rings. The zero-order valence-corrected chi connectivity index (χ0v) is 20.4. The van der Waals surface area contributed by atoms with Gasteiger partial charge in [0, 0.05) is 38.6 Å². The summed E-state index contributed by atoms with van der Waals surface area (Å²) in [5.41, 5.74) is 1.10. The lowest BCUT2D eigenvalue weighted by Crippen LogP contribution is -2.55. The minimum Gasteiger partial charge on any atom is -0.491 e. The molecular weight excluding hydrogens is 476 g/mol. The fourth-order valence-corrected chi connectivity index (χ4v) is 7.64. The second kappa shape index (κ2) is 9.68. The highest BCUT2D eigenvalue weighted by Crippen LogP contribution is 2.36. The Morgan fingerprint density at radius 2 is 1.97 bits per heavy atom. The lowest BCUT2D eigenvalue weighted by molar-refractivity contribution is -0.114. The summed E-state index contributed by atoms with van der Waals surface area (Å²) in [7, 11) is -3.72. The first-order valence-corrected chi connectivity index (χ1v) is 13.1. The number of amides is 1. The average Bonchev–Trinajstić information content (AvgIpc) is 3.27. The van der Waals surface area contributed by atoms with E-state index in [1.54, 1.807) is 19.1 Å². The molecule has 2 aromatic rings. The lowest BCUT2D eigenvalue weighted by atomic mass is 10.1. The summed E-state index contributed by atoms with van der Waals surface area (Å²) in [6.07, 6.45) is 1.80. The van der Waals surface area contributed by atoms with Gasteiger partial charge in [-0.25, -0.2) is 13.4 Å². The molecule has 1 aromatic carbocycles. The molecule has 0 radical (unpaired) electrons. The van der Waals surface area contributed by atoms with Crippen molar-refractivity contribution in [3.05, 3.63) is 35.0 Å². The summed E-state index contributed by atoms with van der Waals surface area (Å²) < 4.78 is 34.2. The van der Waals surface area contributed by atoms with E-state index in [0.717, 1.165) is 24.2 Å². The second-order valence-corrected chi connectivity index (χ2v) is 11.4. The topological polar surface area (TPSA) is 139 Å². The number of aryl methyl sites for hydroxylation is 1. The van der Waals surface area contributed by atoms with E-state index < -0.39 is 10.0 Å². The van der Waals surface area contributed by atoms with Crippen LogP contribution in [0.25, 0.3) is 0 Å². The maximum absolute atomic E-state index is 13.3. The summed E-state index contributed by atoms with van der Waals surface area (Å²) in [4.78, 5) is 17.8. The molecule has 3 heterocycles. The summed E-state index contributed by atoms with van der Waals surface area (Å²) in [5.74, 6) is 0.139. The van der Waals surface area contributed by atoms with Crippen LogP contribution in [0.4, 0.5) is 5.13 Å². The number of nitriles is 2. The Hall–Kier alpha value is -3.03. The van der Waals surface area contributed by atoms with Crippen molar-refractivity contribution >= 4 is 32.4 Å². The van der Waals surface area contributed by atoms with E-state index in [0.29, 0.717) is 48.8 Å². The molecule has 2 unspecified atom stereocenters. The van der Waals surface area contributed by atoms with Gasteiger partial charge in [-0.15, -0.1) is 0 Å². The van der Waals surface area contributed by atoms with E-state index in [1.165, 1.54) is 17.3 Å². The molecule has 34 heavy (non-hydrogen) atoms. The van der Waals surface area contributed by atoms with Gasteiger partial charge in [0.05, 0.1) is 22.9 Å². The van der Waals surface area contributed by atoms with Crippen LogP contribution >= 0.6 is 11.3 Å². The molecule has 2 atom stereocenters. The number of anilines is 1. The van der Waals surface area contributed by atoms with Crippen LogP contribution in [0.15, 0.2) is 22.4 Å². The Balaban J connectivity index is 1.40. The number of sulfonamides is 1. The smallest absolute Gasteiger partial charge is 0.254 e. The van der Waals surface area contributed by atoms with Crippen molar-refractivity contribution in [2.45, 2.75) is 43.0 Å². The number of benzene rings is 1. The van der Waals surface area contributed by atoms with Crippen molar-refractivity contribution in [3.8, 4) is 17.9 Å². The van der Waals surface area contributed by atoms with Crippen LogP contribution in [-0.4, -0.2) is 66.8 Å². The van der Waals surface area contributed by atoms with Crippen molar-refractivity contribution in [3.63, 3.8) is 0 Å². The summed E-state index contributed by atoms with van der Waals surface area (Å²) in [6, 6.07) is 8.96. The molecule has 178 valence electrons. The zero-order chi connectivity index (χ0) is 24.5. The quantitative estimate of drug-likeness (QED) is 0.609. The van der Waals surface area contributed by atoms with Gasteiger partial charge in [-0.3, -0.25) is 9.69 Å². The molecule has 12 heteroatoms. The molecule has 4 rings (SSSR count). The van der Waals surface area contributed by atoms with Gasteiger partial charge in [0.25, 0.3) is 10.0 Å². The van der Waals surface area contributed by atoms with Gasteiger partial charge >= 0.3 is 0 Å². The molecular formula is C22H24N6O4S2. The lowest BCUT2D eigenvalue weighted by Gasteiger charge is -2.40. The normalized spacial score (nSPS) is 20.5. The first-order chi connectivity index (χ1) is 16.2. The van der Waals surface area contributed by atoms with Crippen LogP contribution in [0.5, 0.6) is 5.75 Å². The van der Waals surface area contributed by atoms with E-state index in [2.05, 4.69) is 21.3 Å². The molecule has 2 fully saturated rings. The van der Waals surface area contributed by atoms with E-state index in [4.69, 9.17) is 10.00 Å². The number of carbonyl (C=O) groups excluding carboxylic acids is 1. The van der Waals surface area contributed by atoms with Crippen molar-refractivity contribution in [2.75, 3.05) is 31.6 Å². The first-order valence-electron chi connectivity index (χ1n) is 10.8. The molecule has 10 nitrogen and oxygen atoms in total. The Morgan fingerprint density at radius 1 is 1.26 bits per heavy atom. The highest BCUT2D eigenvalue weighted by Gasteiger charge is 2.44. The molecule has 1 N–H and O–H groups in total. The minimum absolute atomic E-state index is 0.0802. The number of piperazine rings is 1. The highest BCUT2D eigenvalue weighted by molar-refractivity contribution is 7.91. The van der Waals surface area contributed by atoms with Gasteiger partial charge in [-0.1, -0.05) is 11.3 Å². The van der Waals surface area contributed by atoms with Gasteiger partial charge in [0.1, 0.15) is 18.4 Å². The predicted molar refractivity (Wildman–Crippen MR) is 125 cm³/mol. The number of nitrogens with zero attached hydrogens (tertiary/aromatic N) is 5. The van der Waals surface area contributed by atoms with Crippen LogP contribution < -0.4 is 10.1 Å². The number of hydrogen-bond acceptors (Lipinski definition) is 9. The maximum atomic E-state index is 13.3. The van der Waals surface area contributed by atoms with E-state index >= 15 is 0 Å². The minimum atomic E-state index is -3.72. The molecule has 0 saturated carbocycles. The summed E-state index contributed by atoms with van der Waals surface area (Å²) >= 11 is 0.977. The van der Waals surface area contributed by atoms with Crippen LogP contribution in [-0.2, 0) is 14.8 Å². The second-order valence-electron chi connectivity index (χ2n) is 8.30. The predicted octanol–water partition coefficient (Wildman–Crippen LogP) is 2.07. The molecule has 2 aliphatic heterocycles. The Bertz CT molecular complexity index is 1280. The first kappa shape index (κ1) is 24.1. The Kier molecular flexibility index (Phi) is 6.86. The molecule has 1 aromatic heterocycles. The number of nitrogens with one attached hydrogen (secondary N) is 1. The van der Waals surface area contributed by atoms with Gasteiger partial charge in [-0.2, -0.15) is 14.8 Å². The molecule has 2 bridgehead atoms. The number of aromatic nitrogens is 1. The third-order valence-corrected chi connectivity index (χ3v) is 9.54. The Labute approximate surface area is 202 Å².